The van der Waals surface area contributed by atoms with Gasteiger partial charge in [0.15, 0.2) is 0 Å². The highest BCUT2D eigenvalue weighted by molar-refractivity contribution is 5.93. The molecule has 2 N–H and O–H groups in total. The van der Waals surface area contributed by atoms with Crippen LogP contribution >= 0.6 is 0 Å². The quantitative estimate of drug-likeness (QED) is 0.444. The first kappa shape index (κ1) is 18.9. The van der Waals surface area contributed by atoms with Crippen molar-refractivity contribution in [3.8, 4) is 0 Å². The minimum atomic E-state index is -1.78. The highest BCUT2D eigenvalue weighted by Gasteiger charge is 2.61. The summed E-state index contributed by atoms with van der Waals surface area (Å²) in [6.07, 6.45) is 2.71. The number of esters is 2. The van der Waals surface area contributed by atoms with Gasteiger partial charge in [0.25, 0.3) is 0 Å². The van der Waals surface area contributed by atoms with E-state index in [1.165, 1.54) is 0 Å². The highest BCUT2D eigenvalue weighted by atomic mass is 16.7. The first-order valence-electron chi connectivity index (χ1n) is 8.94. The van der Waals surface area contributed by atoms with Crippen molar-refractivity contribution < 1.29 is 29.3 Å². The van der Waals surface area contributed by atoms with E-state index in [4.69, 9.17) is 9.47 Å². The summed E-state index contributed by atoms with van der Waals surface area (Å²) in [7, 11) is 0. The van der Waals surface area contributed by atoms with Crippen LogP contribution in [-0.2, 0) is 19.1 Å². The summed E-state index contributed by atoms with van der Waals surface area (Å²) in [5, 5.41) is 21.9. The van der Waals surface area contributed by atoms with Gasteiger partial charge in [0.05, 0.1) is 6.10 Å². The average Bonchev–Trinajstić information content (AvgIpc) is 2.81. The van der Waals surface area contributed by atoms with Crippen molar-refractivity contribution >= 4 is 11.9 Å². The molecule has 3 rings (SSSR count). The maximum Gasteiger partial charge on any atom is 0.336 e. The third-order valence-electron chi connectivity index (χ3n) is 6.47. The zero-order valence-corrected chi connectivity index (χ0v) is 15.8. The lowest BCUT2D eigenvalue weighted by atomic mass is 9.56. The Hall–Kier alpha value is -1.92. The SMILES string of the molecule is C/C=C(\C)C(=O)O[C@H]1CC=C2C[C@@]3(O)OC(=O)C(C)=C3[C@@H](O)[C@]2(C)[C@H]1C. The molecule has 6 nitrogen and oxygen atoms in total. The van der Waals surface area contributed by atoms with Crippen molar-refractivity contribution in [1.82, 2.24) is 0 Å². The molecule has 5 atom stereocenters. The molecule has 0 radical (unpaired) electrons. The van der Waals surface area contributed by atoms with Crippen LogP contribution < -0.4 is 0 Å². The van der Waals surface area contributed by atoms with E-state index >= 15 is 0 Å². The molecule has 0 aromatic rings. The van der Waals surface area contributed by atoms with E-state index in [-0.39, 0.29) is 29.5 Å². The second-order valence-electron chi connectivity index (χ2n) is 7.74. The lowest BCUT2D eigenvalue weighted by Gasteiger charge is -2.53. The number of aliphatic hydroxyl groups is 2. The predicted molar refractivity (Wildman–Crippen MR) is 93.6 cm³/mol. The number of aliphatic hydroxyl groups excluding tert-OH is 1. The van der Waals surface area contributed by atoms with E-state index in [9.17, 15) is 19.8 Å². The molecule has 0 saturated heterocycles. The van der Waals surface area contributed by atoms with Gasteiger partial charge in [-0.15, -0.1) is 0 Å². The van der Waals surface area contributed by atoms with E-state index in [1.54, 1.807) is 26.8 Å². The summed E-state index contributed by atoms with van der Waals surface area (Å²) >= 11 is 0. The Labute approximate surface area is 153 Å². The van der Waals surface area contributed by atoms with E-state index in [2.05, 4.69) is 0 Å². The Balaban J connectivity index is 1.98. The van der Waals surface area contributed by atoms with Crippen LogP contribution in [0.3, 0.4) is 0 Å². The average molecular weight is 362 g/mol. The zero-order chi connectivity index (χ0) is 19.4. The van der Waals surface area contributed by atoms with E-state index < -0.39 is 29.4 Å². The molecule has 0 unspecified atom stereocenters. The largest absolute Gasteiger partial charge is 0.458 e. The summed E-state index contributed by atoms with van der Waals surface area (Å²) in [5.74, 6) is -2.96. The van der Waals surface area contributed by atoms with Gasteiger partial charge in [0.1, 0.15) is 6.10 Å². The van der Waals surface area contributed by atoms with E-state index in [0.717, 1.165) is 5.57 Å². The van der Waals surface area contributed by atoms with Crippen molar-refractivity contribution in [3.63, 3.8) is 0 Å². The van der Waals surface area contributed by atoms with Gasteiger partial charge in [-0.1, -0.05) is 31.6 Å². The molecule has 26 heavy (non-hydrogen) atoms. The van der Waals surface area contributed by atoms with Gasteiger partial charge in [-0.2, -0.15) is 0 Å². The molecule has 0 bridgehead atoms. The number of carbonyl (C=O) groups is 2. The minimum Gasteiger partial charge on any atom is -0.458 e. The van der Waals surface area contributed by atoms with Gasteiger partial charge in [-0.3, -0.25) is 0 Å². The predicted octanol–water partition coefficient (Wildman–Crippen LogP) is 2.16. The molecule has 1 heterocycles. The van der Waals surface area contributed by atoms with Crippen molar-refractivity contribution in [2.45, 2.75) is 65.5 Å². The number of rotatable bonds is 2. The Morgan fingerprint density at radius 2 is 2.12 bits per heavy atom. The van der Waals surface area contributed by atoms with Crippen molar-refractivity contribution in [2.75, 3.05) is 0 Å². The molecule has 1 fully saturated rings. The number of allylic oxidation sites excluding steroid dienone is 1. The fourth-order valence-corrected chi connectivity index (χ4v) is 4.34. The van der Waals surface area contributed by atoms with Gasteiger partial charge in [0, 0.05) is 40.9 Å². The molecule has 2 aliphatic carbocycles. The summed E-state index contributed by atoms with van der Waals surface area (Å²) in [4.78, 5) is 24.1. The number of ether oxygens (including phenoxy) is 2. The van der Waals surface area contributed by atoms with Crippen LogP contribution in [0, 0.1) is 11.3 Å². The molecule has 0 amide bonds. The second kappa shape index (κ2) is 6.06. The Bertz CT molecular complexity index is 760. The van der Waals surface area contributed by atoms with Crippen LogP contribution in [0.5, 0.6) is 0 Å². The van der Waals surface area contributed by atoms with E-state index in [1.807, 2.05) is 19.9 Å². The molecule has 1 saturated carbocycles. The lowest BCUT2D eigenvalue weighted by Crippen LogP contribution is -2.57. The Morgan fingerprint density at radius 1 is 1.46 bits per heavy atom. The van der Waals surface area contributed by atoms with Crippen LogP contribution in [0.15, 0.2) is 34.4 Å². The number of hydrogen-bond donors (Lipinski definition) is 2. The van der Waals surface area contributed by atoms with Gasteiger partial charge < -0.3 is 19.7 Å². The smallest absolute Gasteiger partial charge is 0.336 e. The zero-order valence-electron chi connectivity index (χ0n) is 15.8. The maximum atomic E-state index is 12.2. The summed E-state index contributed by atoms with van der Waals surface area (Å²) in [6.45, 7) is 8.84. The summed E-state index contributed by atoms with van der Waals surface area (Å²) < 4.78 is 10.8. The minimum absolute atomic E-state index is 0.123. The third-order valence-corrected chi connectivity index (χ3v) is 6.47. The first-order valence-corrected chi connectivity index (χ1v) is 8.94. The van der Waals surface area contributed by atoms with E-state index in [0.29, 0.717) is 12.0 Å². The fourth-order valence-electron chi connectivity index (χ4n) is 4.34. The number of carbonyl (C=O) groups excluding carboxylic acids is 2. The molecule has 0 spiro atoms. The molecule has 142 valence electrons. The van der Waals surface area contributed by atoms with Crippen LogP contribution in [0.2, 0.25) is 0 Å². The standard InChI is InChI=1S/C20H26O6/c1-6-10(2)17(22)25-14-8-7-13-9-20(24)15(11(3)18(23)26-20)16(21)19(13,5)12(14)4/h6-7,12,14,16,21,24H,8-9H2,1-5H3/b10-6+/t12-,14-,16+,19+,20+/m0/s1. The summed E-state index contributed by atoms with van der Waals surface area (Å²) in [6, 6.07) is 0. The topological polar surface area (TPSA) is 93.1 Å². The van der Waals surface area contributed by atoms with Crippen LogP contribution in [-0.4, -0.2) is 40.1 Å². The van der Waals surface area contributed by atoms with Crippen LogP contribution in [0.25, 0.3) is 0 Å². The fraction of sp³-hybridized carbons (Fsp3) is 0.600. The lowest BCUT2D eigenvalue weighted by molar-refractivity contribution is -0.197. The molecule has 6 heteroatoms. The molecular weight excluding hydrogens is 336 g/mol. The van der Waals surface area contributed by atoms with Gasteiger partial charge in [-0.25, -0.2) is 9.59 Å². The van der Waals surface area contributed by atoms with Crippen LogP contribution in [0.4, 0.5) is 0 Å². The maximum absolute atomic E-state index is 12.2. The third kappa shape index (κ3) is 2.47. The van der Waals surface area contributed by atoms with Gasteiger partial charge >= 0.3 is 11.9 Å². The first-order chi connectivity index (χ1) is 12.1. The summed E-state index contributed by atoms with van der Waals surface area (Å²) in [5.41, 5.74) is 1.07. The van der Waals surface area contributed by atoms with Crippen molar-refractivity contribution in [2.24, 2.45) is 11.3 Å². The second-order valence-corrected chi connectivity index (χ2v) is 7.74. The molecule has 0 aromatic heterocycles. The van der Waals surface area contributed by atoms with Gasteiger partial charge in [-0.05, 0) is 20.8 Å². The highest BCUT2D eigenvalue weighted by Crippen LogP contribution is 2.57. The van der Waals surface area contributed by atoms with Crippen LogP contribution in [0.1, 0.15) is 47.5 Å². The number of hydrogen-bond acceptors (Lipinski definition) is 6. The van der Waals surface area contributed by atoms with Crippen molar-refractivity contribution in [1.29, 1.82) is 0 Å². The normalized spacial score (nSPS) is 39.8. The van der Waals surface area contributed by atoms with Crippen molar-refractivity contribution in [3.05, 3.63) is 34.4 Å². The monoisotopic (exact) mass is 362 g/mol. The molecule has 3 aliphatic rings. The molecule has 0 aromatic carbocycles. The number of fused-ring (bicyclic) bond motifs is 2. The van der Waals surface area contributed by atoms with Gasteiger partial charge in [0.2, 0.25) is 5.79 Å². The Kier molecular flexibility index (Phi) is 4.40. The molecular formula is C20H26O6. The molecule has 1 aliphatic heterocycles. The Morgan fingerprint density at radius 3 is 2.73 bits per heavy atom.